The van der Waals surface area contributed by atoms with Crippen molar-refractivity contribution in [2.24, 2.45) is 0 Å². The molecule has 1 aliphatic heterocycles. The normalized spacial score (nSPS) is 24.2. The second-order valence-corrected chi connectivity index (χ2v) is 6.11. The fourth-order valence-corrected chi connectivity index (χ4v) is 4.95. The molecule has 1 aliphatic rings. The largest absolute Gasteiger partial charge is 0.245 e. The van der Waals surface area contributed by atoms with Gasteiger partial charge in [-0.1, -0.05) is 0 Å². The molecule has 4 heteroatoms. The van der Waals surface area contributed by atoms with Crippen LogP contribution in [-0.4, -0.2) is 22.2 Å². The Kier molecular flexibility index (Phi) is 2.99. The molecule has 0 N–H and O–H groups in total. The summed E-state index contributed by atoms with van der Waals surface area (Å²) in [7, 11) is 0. The van der Waals surface area contributed by atoms with Crippen molar-refractivity contribution in [2.75, 3.05) is 17.3 Å². The third-order valence-corrected chi connectivity index (χ3v) is 5.72. The highest BCUT2D eigenvalue weighted by Crippen LogP contribution is 2.37. The van der Waals surface area contributed by atoms with Crippen molar-refractivity contribution in [3.63, 3.8) is 0 Å². The first kappa shape index (κ1) is 8.91. The first-order valence-corrected chi connectivity index (χ1v) is 7.06. The van der Waals surface area contributed by atoms with Crippen LogP contribution in [0.5, 0.6) is 0 Å². The zero-order valence-corrected chi connectivity index (χ0v) is 9.40. The Morgan fingerprint density at radius 2 is 2.42 bits per heavy atom. The molecule has 1 aromatic rings. The van der Waals surface area contributed by atoms with Crippen molar-refractivity contribution < 1.29 is 0 Å². The second kappa shape index (κ2) is 4.03. The summed E-state index contributed by atoms with van der Waals surface area (Å²) in [6, 6.07) is 0. The topological polar surface area (TPSA) is 12.9 Å². The van der Waals surface area contributed by atoms with E-state index in [0.29, 0.717) is 5.25 Å². The van der Waals surface area contributed by atoms with E-state index in [0.717, 1.165) is 0 Å². The fourth-order valence-electron chi connectivity index (χ4n) is 1.15. The van der Waals surface area contributed by atoms with Gasteiger partial charge >= 0.3 is 0 Å². The maximum absolute atomic E-state index is 4.52. The summed E-state index contributed by atoms with van der Waals surface area (Å²) in [5, 5.41) is 4.14. The van der Waals surface area contributed by atoms with Crippen LogP contribution in [-0.2, 0) is 0 Å². The number of hydrogen-bond donors (Lipinski definition) is 0. The van der Waals surface area contributed by atoms with E-state index in [1.54, 1.807) is 0 Å². The highest BCUT2D eigenvalue weighted by Gasteiger charge is 2.18. The third-order valence-electron chi connectivity index (χ3n) is 1.73. The summed E-state index contributed by atoms with van der Waals surface area (Å²) < 4.78 is 0. The molecular formula is C8H11NS3. The summed E-state index contributed by atoms with van der Waals surface area (Å²) in [5.41, 5.74) is 1.17. The predicted octanol–water partition coefficient (Wildman–Crippen LogP) is 2.97. The molecule has 1 atom stereocenters. The minimum Gasteiger partial charge on any atom is -0.245 e. The van der Waals surface area contributed by atoms with Crippen molar-refractivity contribution in [1.82, 2.24) is 4.98 Å². The molecule has 12 heavy (non-hydrogen) atoms. The number of aryl methyl sites for hydroxylation is 1. The first-order chi connectivity index (χ1) is 5.86. The van der Waals surface area contributed by atoms with E-state index in [2.05, 4.69) is 40.8 Å². The Labute approximate surface area is 85.4 Å². The van der Waals surface area contributed by atoms with E-state index < -0.39 is 0 Å². The fraction of sp³-hybridized carbons (Fsp3) is 0.625. The van der Waals surface area contributed by atoms with Crippen molar-refractivity contribution in [2.45, 2.75) is 12.2 Å². The van der Waals surface area contributed by atoms with Crippen molar-refractivity contribution >= 4 is 34.9 Å². The van der Waals surface area contributed by atoms with Gasteiger partial charge in [-0.2, -0.15) is 11.8 Å². The van der Waals surface area contributed by atoms with Crippen LogP contribution in [0.25, 0.3) is 0 Å². The molecule has 0 amide bonds. The molecule has 1 fully saturated rings. The molecule has 2 rings (SSSR count). The number of thiazole rings is 1. The zero-order chi connectivity index (χ0) is 8.39. The Balaban J connectivity index is 2.08. The lowest BCUT2D eigenvalue weighted by Gasteiger charge is -2.18. The summed E-state index contributed by atoms with van der Waals surface area (Å²) in [4.78, 5) is 4.52. The molecular weight excluding hydrogens is 206 g/mol. The quantitative estimate of drug-likeness (QED) is 0.718. The van der Waals surface area contributed by atoms with Gasteiger partial charge in [-0.05, 0) is 6.92 Å². The van der Waals surface area contributed by atoms with Crippen LogP contribution in [0.1, 0.15) is 16.0 Å². The van der Waals surface area contributed by atoms with Gasteiger partial charge in [0.25, 0.3) is 0 Å². The van der Waals surface area contributed by atoms with Crippen LogP contribution in [0.3, 0.4) is 0 Å². The number of nitrogens with zero attached hydrogens (tertiary/aromatic N) is 1. The Morgan fingerprint density at radius 1 is 1.50 bits per heavy atom. The van der Waals surface area contributed by atoms with Crippen molar-refractivity contribution in [3.05, 3.63) is 16.1 Å². The molecule has 1 saturated heterocycles. The van der Waals surface area contributed by atoms with Gasteiger partial charge in [-0.25, -0.2) is 4.98 Å². The van der Waals surface area contributed by atoms with Crippen LogP contribution < -0.4 is 0 Å². The minimum absolute atomic E-state index is 0.669. The van der Waals surface area contributed by atoms with Gasteiger partial charge in [0.05, 0.1) is 5.25 Å². The maximum atomic E-state index is 4.52. The Hall–Kier alpha value is 0.330. The van der Waals surface area contributed by atoms with Gasteiger partial charge in [-0.3, -0.25) is 0 Å². The van der Waals surface area contributed by atoms with Gasteiger partial charge in [-0.15, -0.1) is 23.1 Å². The van der Waals surface area contributed by atoms with E-state index in [-0.39, 0.29) is 0 Å². The lowest BCUT2D eigenvalue weighted by Crippen LogP contribution is -2.05. The summed E-state index contributed by atoms with van der Waals surface area (Å²) in [6.45, 7) is 2.07. The van der Waals surface area contributed by atoms with E-state index in [1.807, 2.05) is 11.3 Å². The molecule has 0 bridgehead atoms. The van der Waals surface area contributed by atoms with Crippen LogP contribution >= 0.6 is 34.9 Å². The molecule has 1 aromatic heterocycles. The summed E-state index contributed by atoms with van der Waals surface area (Å²) >= 11 is 5.92. The average Bonchev–Trinajstić information content (AvgIpc) is 2.54. The highest BCUT2D eigenvalue weighted by molar-refractivity contribution is 8.06. The number of thioether (sulfide) groups is 2. The predicted molar refractivity (Wildman–Crippen MR) is 59.4 cm³/mol. The summed E-state index contributed by atoms with van der Waals surface area (Å²) in [6.07, 6.45) is 0. The second-order valence-electron chi connectivity index (χ2n) is 2.76. The molecule has 2 heterocycles. The van der Waals surface area contributed by atoms with E-state index in [4.69, 9.17) is 0 Å². The Morgan fingerprint density at radius 3 is 3.00 bits per heavy atom. The van der Waals surface area contributed by atoms with Gasteiger partial charge in [0.15, 0.2) is 0 Å². The molecule has 66 valence electrons. The molecule has 0 spiro atoms. The van der Waals surface area contributed by atoms with Crippen LogP contribution in [0, 0.1) is 6.92 Å². The first-order valence-electron chi connectivity index (χ1n) is 3.97. The standard InChI is InChI=1S/C8H11NS3/c1-6-4-12-8(9-6)7-5-10-2-3-11-7/h4,7H,2-3,5H2,1H3. The molecule has 1 unspecified atom stereocenters. The van der Waals surface area contributed by atoms with Crippen LogP contribution in [0.2, 0.25) is 0 Å². The molecule has 0 aliphatic carbocycles. The van der Waals surface area contributed by atoms with Crippen LogP contribution in [0.4, 0.5) is 0 Å². The Bertz CT molecular complexity index is 253. The van der Waals surface area contributed by atoms with Crippen LogP contribution in [0.15, 0.2) is 5.38 Å². The summed E-state index contributed by atoms with van der Waals surface area (Å²) in [5.74, 6) is 3.84. The SMILES string of the molecule is Cc1csc(C2CSCCS2)n1. The molecule has 0 saturated carbocycles. The van der Waals surface area contributed by atoms with Gasteiger partial charge < -0.3 is 0 Å². The average molecular weight is 217 g/mol. The molecule has 0 aromatic carbocycles. The zero-order valence-electron chi connectivity index (χ0n) is 6.95. The molecule has 0 radical (unpaired) electrons. The minimum atomic E-state index is 0.669. The number of hydrogen-bond acceptors (Lipinski definition) is 4. The van der Waals surface area contributed by atoms with Gasteiger partial charge in [0.2, 0.25) is 0 Å². The lowest BCUT2D eigenvalue weighted by atomic mass is 10.5. The monoisotopic (exact) mass is 217 g/mol. The smallest absolute Gasteiger partial charge is 0.107 e. The van der Waals surface area contributed by atoms with Gasteiger partial charge in [0.1, 0.15) is 5.01 Å². The number of aromatic nitrogens is 1. The van der Waals surface area contributed by atoms with E-state index in [9.17, 15) is 0 Å². The molecule has 1 nitrogen and oxygen atoms in total. The maximum Gasteiger partial charge on any atom is 0.107 e. The highest BCUT2D eigenvalue weighted by atomic mass is 32.2. The number of rotatable bonds is 1. The van der Waals surface area contributed by atoms with E-state index in [1.165, 1.54) is 28.0 Å². The van der Waals surface area contributed by atoms with Crippen molar-refractivity contribution in [3.8, 4) is 0 Å². The van der Waals surface area contributed by atoms with Gasteiger partial charge in [0, 0.05) is 28.3 Å². The lowest BCUT2D eigenvalue weighted by molar-refractivity contribution is 1.04. The van der Waals surface area contributed by atoms with E-state index >= 15 is 0 Å². The third kappa shape index (κ3) is 1.98. The van der Waals surface area contributed by atoms with Crippen molar-refractivity contribution in [1.29, 1.82) is 0 Å².